The van der Waals surface area contributed by atoms with Crippen molar-refractivity contribution in [2.24, 2.45) is 0 Å². The lowest BCUT2D eigenvalue weighted by atomic mass is 9.71. The number of carbonyl (C=O) groups excluding carboxylic acids is 1. The van der Waals surface area contributed by atoms with Gasteiger partial charge in [-0.05, 0) is 35.7 Å². The molecule has 13 nitrogen and oxygen atoms in total. The molecule has 2 aromatic rings. The largest absolute Gasteiger partial charge is 0.507 e. The molecular weight excluding hydrogens is 532 g/mol. The third-order valence-electron chi connectivity index (χ3n) is 7.82. The van der Waals surface area contributed by atoms with Gasteiger partial charge in [-0.3, -0.25) is 4.79 Å². The molecule has 0 amide bonds. The van der Waals surface area contributed by atoms with Gasteiger partial charge in [0.15, 0.2) is 0 Å². The lowest BCUT2D eigenvalue weighted by Crippen LogP contribution is -2.60. The first-order chi connectivity index (χ1) is 19.0. The fourth-order valence-electron chi connectivity index (χ4n) is 5.78. The Bertz CT molecular complexity index is 1260. The average Bonchev–Trinajstić information content (AvgIpc) is 2.92. The van der Waals surface area contributed by atoms with Gasteiger partial charge < -0.3 is 60.2 Å². The molecule has 5 rings (SSSR count). The average molecular weight is 565 g/mol. The molecule has 9 N–H and O–H groups in total. The van der Waals surface area contributed by atoms with Gasteiger partial charge in [0, 0.05) is 5.92 Å². The summed E-state index contributed by atoms with van der Waals surface area (Å²) in [6.45, 7) is 0.311. The van der Waals surface area contributed by atoms with Crippen molar-refractivity contribution in [3.63, 3.8) is 0 Å². The molecule has 0 saturated carbocycles. The van der Waals surface area contributed by atoms with Gasteiger partial charge in [-0.1, -0.05) is 18.2 Å². The van der Waals surface area contributed by atoms with Crippen molar-refractivity contribution in [2.75, 3.05) is 13.2 Å². The van der Waals surface area contributed by atoms with Crippen LogP contribution in [0.2, 0.25) is 0 Å². The summed E-state index contributed by atoms with van der Waals surface area (Å²) in [7, 11) is 0. The third kappa shape index (κ3) is 4.58. The van der Waals surface area contributed by atoms with Crippen molar-refractivity contribution in [2.45, 2.75) is 74.1 Å². The summed E-state index contributed by atoms with van der Waals surface area (Å²) in [6.07, 6.45) is -15.5. The minimum Gasteiger partial charge on any atom is -0.507 e. The van der Waals surface area contributed by atoms with Gasteiger partial charge in [0.05, 0.1) is 30.4 Å². The fourth-order valence-corrected chi connectivity index (χ4v) is 5.78. The van der Waals surface area contributed by atoms with E-state index in [4.69, 9.17) is 14.2 Å². The number of hydrogen-bond acceptors (Lipinski definition) is 13. The van der Waals surface area contributed by atoms with E-state index in [0.717, 1.165) is 0 Å². The number of rotatable bonds is 5. The first kappa shape index (κ1) is 28.8. The molecule has 0 radical (unpaired) electrons. The summed E-state index contributed by atoms with van der Waals surface area (Å²) in [5.74, 6) is -2.21. The molecule has 218 valence electrons. The number of phenols is 1. The quantitative estimate of drug-likeness (QED) is 0.182. The monoisotopic (exact) mass is 564 g/mol. The van der Waals surface area contributed by atoms with Crippen LogP contribution in [0, 0.1) is 6.92 Å². The van der Waals surface area contributed by atoms with Crippen LogP contribution in [-0.2, 0) is 9.47 Å². The third-order valence-corrected chi connectivity index (χ3v) is 7.82. The fraction of sp³-hybridized carbons (Fsp3) is 0.519. The Hall–Kier alpha value is -2.69. The molecule has 11 atom stereocenters. The van der Waals surface area contributed by atoms with E-state index in [2.05, 4.69) is 0 Å². The molecular formula is C27H32O13. The molecule has 3 aliphatic rings. The summed E-state index contributed by atoms with van der Waals surface area (Å²) < 4.78 is 17.1. The van der Waals surface area contributed by atoms with E-state index in [0.29, 0.717) is 5.56 Å². The number of aliphatic hydroxyl groups is 8. The highest BCUT2D eigenvalue weighted by Crippen LogP contribution is 2.48. The highest BCUT2D eigenvalue weighted by atomic mass is 16.7. The van der Waals surface area contributed by atoms with Gasteiger partial charge in [-0.25, -0.2) is 0 Å². The van der Waals surface area contributed by atoms with Crippen LogP contribution in [0.4, 0.5) is 0 Å². The topological polar surface area (TPSA) is 227 Å². The van der Waals surface area contributed by atoms with E-state index in [1.54, 1.807) is 19.1 Å². The Labute approximate surface area is 228 Å². The number of ether oxygens (including phenoxy) is 3. The van der Waals surface area contributed by atoms with Crippen molar-refractivity contribution < 1.29 is 65.0 Å². The van der Waals surface area contributed by atoms with Gasteiger partial charge in [-0.2, -0.15) is 0 Å². The molecule has 0 aromatic heterocycles. The molecule has 0 unspecified atom stereocenters. The zero-order valence-corrected chi connectivity index (χ0v) is 21.3. The number of hydrogen-bond donors (Lipinski definition) is 9. The number of aliphatic hydroxyl groups excluding tert-OH is 8. The van der Waals surface area contributed by atoms with Crippen LogP contribution < -0.4 is 4.74 Å². The Kier molecular flexibility index (Phi) is 7.89. The minimum atomic E-state index is -1.77. The highest BCUT2D eigenvalue weighted by Gasteiger charge is 2.51. The number of aromatic hydroxyl groups is 1. The van der Waals surface area contributed by atoms with E-state index >= 15 is 0 Å². The van der Waals surface area contributed by atoms with Crippen LogP contribution in [0.3, 0.4) is 0 Å². The highest BCUT2D eigenvalue weighted by molar-refractivity contribution is 6.16. The van der Waals surface area contributed by atoms with Gasteiger partial charge in [0.25, 0.3) is 0 Å². The number of aryl methyl sites for hydroxylation is 1. The second-order valence-corrected chi connectivity index (χ2v) is 10.4. The minimum absolute atomic E-state index is 0.104. The van der Waals surface area contributed by atoms with Crippen LogP contribution in [0.15, 0.2) is 30.3 Å². The maximum absolute atomic E-state index is 13.9. The molecule has 13 heteroatoms. The summed E-state index contributed by atoms with van der Waals surface area (Å²) in [5.41, 5.74) is 0.854. The SMILES string of the molecule is Cc1cc(O)c2c(c1)[C@H]([C@@H]1O[C@H](CO)[C@@H](O)[C@H](O)[C@H]1O)c1cccc(O[C@@H]3O[C@H](CO)[C@@H](O)[C@H](O)[C@H]3O)c1C2=O. The van der Waals surface area contributed by atoms with Crippen molar-refractivity contribution >= 4 is 5.78 Å². The van der Waals surface area contributed by atoms with Crippen molar-refractivity contribution in [1.82, 2.24) is 0 Å². The van der Waals surface area contributed by atoms with E-state index in [1.165, 1.54) is 18.2 Å². The van der Waals surface area contributed by atoms with Crippen LogP contribution >= 0.6 is 0 Å². The second-order valence-electron chi connectivity index (χ2n) is 10.4. The predicted molar refractivity (Wildman–Crippen MR) is 133 cm³/mol. The van der Waals surface area contributed by atoms with E-state index < -0.39 is 86.1 Å². The van der Waals surface area contributed by atoms with Gasteiger partial charge >= 0.3 is 0 Å². The maximum Gasteiger partial charge on any atom is 0.229 e. The molecule has 40 heavy (non-hydrogen) atoms. The molecule has 2 fully saturated rings. The van der Waals surface area contributed by atoms with Crippen LogP contribution in [0.1, 0.15) is 38.5 Å². The normalized spacial score (nSPS) is 37.5. The van der Waals surface area contributed by atoms with E-state index in [9.17, 15) is 50.8 Å². The number of benzene rings is 2. The van der Waals surface area contributed by atoms with E-state index in [1.807, 2.05) is 0 Å². The first-order valence-corrected chi connectivity index (χ1v) is 12.8. The van der Waals surface area contributed by atoms with Crippen LogP contribution in [0.25, 0.3) is 0 Å². The summed E-state index contributed by atoms with van der Waals surface area (Å²) >= 11 is 0. The molecule has 2 heterocycles. The second kappa shape index (κ2) is 10.9. The molecule has 1 aliphatic carbocycles. The van der Waals surface area contributed by atoms with Crippen LogP contribution in [-0.4, -0.2) is 126 Å². The maximum atomic E-state index is 13.9. The summed E-state index contributed by atoms with van der Waals surface area (Å²) in [4.78, 5) is 13.9. The van der Waals surface area contributed by atoms with Crippen molar-refractivity contribution in [1.29, 1.82) is 0 Å². The van der Waals surface area contributed by atoms with Gasteiger partial charge in [-0.15, -0.1) is 0 Å². The smallest absolute Gasteiger partial charge is 0.229 e. The zero-order valence-electron chi connectivity index (χ0n) is 21.3. The zero-order chi connectivity index (χ0) is 29.0. The Balaban J connectivity index is 1.63. The molecule has 2 aromatic carbocycles. The molecule has 0 spiro atoms. The lowest BCUT2D eigenvalue weighted by molar-refractivity contribution is -0.277. The van der Waals surface area contributed by atoms with Gasteiger partial charge in [0.1, 0.15) is 60.3 Å². The van der Waals surface area contributed by atoms with E-state index in [-0.39, 0.29) is 33.8 Å². The molecule has 2 saturated heterocycles. The van der Waals surface area contributed by atoms with Crippen molar-refractivity contribution in [3.05, 3.63) is 58.1 Å². The Morgan fingerprint density at radius 3 is 2.05 bits per heavy atom. The predicted octanol–water partition coefficient (Wildman–Crippen LogP) is -2.60. The number of ketones is 1. The number of carbonyl (C=O) groups is 1. The molecule has 2 aliphatic heterocycles. The number of phenolic OH excluding ortho intramolecular Hbond substituents is 1. The Morgan fingerprint density at radius 1 is 0.775 bits per heavy atom. The van der Waals surface area contributed by atoms with Crippen molar-refractivity contribution in [3.8, 4) is 11.5 Å². The summed E-state index contributed by atoms with van der Waals surface area (Å²) in [5, 5.41) is 92.7. The van der Waals surface area contributed by atoms with Crippen LogP contribution in [0.5, 0.6) is 11.5 Å². The number of fused-ring (bicyclic) bond motifs is 2. The van der Waals surface area contributed by atoms with Gasteiger partial charge in [0.2, 0.25) is 12.1 Å². The first-order valence-electron chi connectivity index (χ1n) is 12.8. The standard InChI is InChI=1S/C27H32O13/c1-9-5-11-16(26-24(36)22(34)19(31)14(7-28)38-26)10-3-2-4-13(18(10)21(33)17(11)12(30)6-9)39-27-25(37)23(35)20(32)15(8-29)40-27/h2-6,14-16,19-20,22-32,34-37H,7-8H2,1H3/t14-,15-,16-,19-,20-,22+,23+,24-,25-,26+,27-/m1/s1. The lowest BCUT2D eigenvalue weighted by Gasteiger charge is -2.45. The Morgan fingerprint density at radius 2 is 1.40 bits per heavy atom. The molecule has 0 bridgehead atoms. The summed E-state index contributed by atoms with van der Waals surface area (Å²) in [6, 6.07) is 7.41.